The number of aromatic nitrogens is 4. The van der Waals surface area contributed by atoms with Crippen molar-refractivity contribution in [3.8, 4) is 16.9 Å². The molecular formula is C27H31N7O4. The van der Waals surface area contributed by atoms with Gasteiger partial charge in [-0.25, -0.2) is 0 Å². The Morgan fingerprint density at radius 2 is 2.00 bits per heavy atom. The molecule has 38 heavy (non-hydrogen) atoms. The number of nitrogens with zero attached hydrogens (tertiary/aromatic N) is 4. The van der Waals surface area contributed by atoms with E-state index in [-0.39, 0.29) is 35.0 Å². The van der Waals surface area contributed by atoms with Gasteiger partial charge in [-0.05, 0) is 51.0 Å². The summed E-state index contributed by atoms with van der Waals surface area (Å²) < 4.78 is 14.1. The third-order valence-corrected chi connectivity index (χ3v) is 7.77. The van der Waals surface area contributed by atoms with E-state index in [9.17, 15) is 9.59 Å². The largest absolute Gasteiger partial charge is 0.494 e. The number of carbonyl (C=O) groups is 2. The van der Waals surface area contributed by atoms with Gasteiger partial charge in [0.1, 0.15) is 5.75 Å². The van der Waals surface area contributed by atoms with Gasteiger partial charge >= 0.3 is 0 Å². The molecule has 2 amide bonds. The van der Waals surface area contributed by atoms with Gasteiger partial charge in [-0.2, -0.15) is 5.10 Å². The summed E-state index contributed by atoms with van der Waals surface area (Å²) in [6, 6.07) is 7.46. The molecule has 11 nitrogen and oxygen atoms in total. The Morgan fingerprint density at radius 1 is 1.16 bits per heavy atom. The lowest BCUT2D eigenvalue weighted by Crippen LogP contribution is -2.34. The van der Waals surface area contributed by atoms with Crippen molar-refractivity contribution in [2.75, 3.05) is 24.4 Å². The number of nitrogens with two attached hydrogens (primary N) is 1. The van der Waals surface area contributed by atoms with Crippen LogP contribution in [-0.2, 0) is 9.53 Å². The number of amides is 2. The lowest BCUT2D eigenvalue weighted by Gasteiger charge is -2.30. The number of rotatable bonds is 8. The first-order valence-corrected chi connectivity index (χ1v) is 13.1. The van der Waals surface area contributed by atoms with Crippen molar-refractivity contribution in [3.63, 3.8) is 0 Å². The number of methoxy groups -OCH3 is 1. The Labute approximate surface area is 220 Å². The SMILES string of the molecule is COc1c(Nc2cc(NC(=O)C3CC3)nnc2C(N)=O)cccc1-c1cnn([C@H]2CCC[C@]23CCCO3)c1. The van der Waals surface area contributed by atoms with E-state index < -0.39 is 5.91 Å². The average molecular weight is 518 g/mol. The van der Waals surface area contributed by atoms with Crippen LogP contribution in [0.5, 0.6) is 5.75 Å². The van der Waals surface area contributed by atoms with Crippen LogP contribution >= 0.6 is 0 Å². The Morgan fingerprint density at radius 3 is 2.74 bits per heavy atom. The minimum atomic E-state index is -0.740. The van der Waals surface area contributed by atoms with Gasteiger partial charge in [-0.1, -0.05) is 12.1 Å². The molecule has 6 rings (SSSR count). The van der Waals surface area contributed by atoms with Crippen molar-refractivity contribution in [2.45, 2.75) is 56.6 Å². The lowest BCUT2D eigenvalue weighted by atomic mass is 9.94. The minimum Gasteiger partial charge on any atom is -0.494 e. The number of carbonyl (C=O) groups excluding carboxylic acids is 2. The monoisotopic (exact) mass is 517 g/mol. The quantitative estimate of drug-likeness (QED) is 0.409. The molecular weight excluding hydrogens is 486 g/mol. The molecule has 198 valence electrons. The summed E-state index contributed by atoms with van der Waals surface area (Å²) in [5, 5.41) is 18.6. The van der Waals surface area contributed by atoms with Crippen LogP contribution in [0.15, 0.2) is 36.7 Å². The van der Waals surface area contributed by atoms with Gasteiger partial charge in [0.05, 0.1) is 36.3 Å². The van der Waals surface area contributed by atoms with Crippen LogP contribution < -0.4 is 21.1 Å². The number of benzene rings is 1. The van der Waals surface area contributed by atoms with E-state index in [4.69, 9.17) is 20.3 Å². The van der Waals surface area contributed by atoms with Gasteiger partial charge in [0, 0.05) is 35.9 Å². The van der Waals surface area contributed by atoms with Gasteiger partial charge in [0.2, 0.25) is 5.91 Å². The Hall–Kier alpha value is -3.99. The van der Waals surface area contributed by atoms with Crippen LogP contribution in [0.1, 0.15) is 61.5 Å². The summed E-state index contributed by atoms with van der Waals surface area (Å²) in [4.78, 5) is 24.3. The molecule has 3 aromatic rings. The zero-order valence-corrected chi connectivity index (χ0v) is 21.3. The van der Waals surface area contributed by atoms with Crippen molar-refractivity contribution in [2.24, 2.45) is 11.7 Å². The van der Waals surface area contributed by atoms with E-state index in [2.05, 4.69) is 27.0 Å². The van der Waals surface area contributed by atoms with Crippen molar-refractivity contribution in [1.82, 2.24) is 20.0 Å². The maximum absolute atomic E-state index is 12.2. The molecule has 0 bridgehead atoms. The predicted molar refractivity (Wildman–Crippen MR) is 140 cm³/mol. The van der Waals surface area contributed by atoms with Gasteiger partial charge in [-0.15, -0.1) is 10.2 Å². The normalized spacial score (nSPS) is 22.5. The van der Waals surface area contributed by atoms with Crippen LogP contribution in [0, 0.1) is 5.92 Å². The smallest absolute Gasteiger partial charge is 0.271 e. The average Bonchev–Trinajstić information content (AvgIpc) is 3.28. The van der Waals surface area contributed by atoms with Gasteiger partial charge in [0.25, 0.3) is 5.91 Å². The van der Waals surface area contributed by atoms with E-state index in [0.29, 0.717) is 17.1 Å². The topological polar surface area (TPSA) is 146 Å². The van der Waals surface area contributed by atoms with Gasteiger partial charge in [-0.3, -0.25) is 14.3 Å². The molecule has 0 radical (unpaired) electrons. The third kappa shape index (κ3) is 4.47. The summed E-state index contributed by atoms with van der Waals surface area (Å²) in [6.45, 7) is 0.815. The number of primary amides is 1. The fourth-order valence-electron chi connectivity index (χ4n) is 5.76. The Bertz CT molecular complexity index is 1370. The molecule has 3 aliphatic rings. The van der Waals surface area contributed by atoms with E-state index in [1.807, 2.05) is 29.1 Å². The third-order valence-electron chi connectivity index (χ3n) is 7.77. The molecule has 2 saturated carbocycles. The Kier molecular flexibility index (Phi) is 6.22. The number of nitrogens with one attached hydrogen (secondary N) is 2. The molecule has 11 heteroatoms. The van der Waals surface area contributed by atoms with E-state index in [0.717, 1.165) is 62.7 Å². The molecule has 2 aromatic heterocycles. The summed E-state index contributed by atoms with van der Waals surface area (Å²) in [5.41, 5.74) is 8.07. The van der Waals surface area contributed by atoms with Crippen molar-refractivity contribution in [1.29, 1.82) is 0 Å². The van der Waals surface area contributed by atoms with Crippen LogP contribution in [0.2, 0.25) is 0 Å². The van der Waals surface area contributed by atoms with Crippen molar-refractivity contribution >= 4 is 29.0 Å². The molecule has 1 aliphatic heterocycles. The first-order chi connectivity index (χ1) is 18.5. The number of anilines is 3. The molecule has 0 unspecified atom stereocenters. The number of hydrogen-bond donors (Lipinski definition) is 3. The van der Waals surface area contributed by atoms with Crippen molar-refractivity contribution < 1.29 is 19.1 Å². The molecule has 1 aromatic carbocycles. The maximum atomic E-state index is 12.2. The predicted octanol–water partition coefficient (Wildman–Crippen LogP) is 3.81. The van der Waals surface area contributed by atoms with Gasteiger partial charge < -0.3 is 25.8 Å². The fraction of sp³-hybridized carbons (Fsp3) is 0.444. The zero-order chi connectivity index (χ0) is 26.3. The molecule has 4 N–H and O–H groups in total. The van der Waals surface area contributed by atoms with E-state index >= 15 is 0 Å². The molecule has 2 atom stereocenters. The number of para-hydroxylation sites is 1. The first kappa shape index (κ1) is 24.4. The van der Waals surface area contributed by atoms with E-state index in [1.165, 1.54) is 0 Å². The fourth-order valence-corrected chi connectivity index (χ4v) is 5.76. The highest BCUT2D eigenvalue weighted by Crippen LogP contribution is 2.48. The molecule has 3 fully saturated rings. The molecule has 2 aliphatic carbocycles. The van der Waals surface area contributed by atoms with Crippen LogP contribution in [0.4, 0.5) is 17.2 Å². The molecule has 1 saturated heterocycles. The molecule has 3 heterocycles. The highest BCUT2D eigenvalue weighted by atomic mass is 16.5. The first-order valence-electron chi connectivity index (χ1n) is 13.1. The second-order valence-electron chi connectivity index (χ2n) is 10.3. The second kappa shape index (κ2) is 9.71. The lowest BCUT2D eigenvalue weighted by molar-refractivity contribution is -0.117. The maximum Gasteiger partial charge on any atom is 0.271 e. The highest BCUT2D eigenvalue weighted by molar-refractivity contribution is 5.99. The number of hydrogen-bond acceptors (Lipinski definition) is 8. The summed E-state index contributed by atoms with van der Waals surface area (Å²) >= 11 is 0. The van der Waals surface area contributed by atoms with Crippen LogP contribution in [-0.4, -0.2) is 51.1 Å². The summed E-state index contributed by atoms with van der Waals surface area (Å²) in [6.07, 6.45) is 11.0. The second-order valence-corrected chi connectivity index (χ2v) is 10.3. The van der Waals surface area contributed by atoms with Crippen molar-refractivity contribution in [3.05, 3.63) is 42.4 Å². The highest BCUT2D eigenvalue weighted by Gasteiger charge is 2.47. The summed E-state index contributed by atoms with van der Waals surface area (Å²) in [7, 11) is 1.59. The van der Waals surface area contributed by atoms with Crippen LogP contribution in [0.25, 0.3) is 11.1 Å². The number of ether oxygens (including phenoxy) is 2. The zero-order valence-electron chi connectivity index (χ0n) is 21.3. The summed E-state index contributed by atoms with van der Waals surface area (Å²) in [5.74, 6) is -0.0376. The van der Waals surface area contributed by atoms with E-state index in [1.54, 1.807) is 13.2 Å². The molecule has 1 spiro atoms. The van der Waals surface area contributed by atoms with Gasteiger partial charge in [0.15, 0.2) is 11.5 Å². The standard InChI is InChI=1S/C27H31N7O4/c1-37-24-18(17-14-29-34(15-17)21-7-3-10-27(21)11-4-12-38-27)5-2-6-19(24)30-20-13-22(31-26(36)16-8-9-16)32-33-23(20)25(28)35/h2,5-6,13-16,21H,3-4,7-12H2,1H3,(H2,28,35)(H2,30,31,32,36)/t21-,27-/m0/s1. The van der Waals surface area contributed by atoms with Crippen LogP contribution in [0.3, 0.4) is 0 Å². The Balaban J connectivity index is 1.30. The minimum absolute atomic E-state index is 0.000983.